The summed E-state index contributed by atoms with van der Waals surface area (Å²) in [5.41, 5.74) is 5.27. The molecule has 2 heterocycles. The zero-order valence-corrected chi connectivity index (χ0v) is 11.4. The highest BCUT2D eigenvalue weighted by molar-refractivity contribution is 7.11. The van der Waals surface area contributed by atoms with Gasteiger partial charge in [0.2, 0.25) is 0 Å². The Morgan fingerprint density at radius 1 is 1.19 bits per heavy atom. The van der Waals surface area contributed by atoms with Gasteiger partial charge in [-0.25, -0.2) is 4.98 Å². The van der Waals surface area contributed by atoms with Crippen molar-refractivity contribution < 1.29 is 0 Å². The Hall–Kier alpha value is -1.09. The van der Waals surface area contributed by atoms with Gasteiger partial charge in [0.15, 0.2) is 0 Å². The zero-order valence-electron chi connectivity index (χ0n) is 10.6. The lowest BCUT2D eigenvalue weighted by molar-refractivity contribution is 0.764. The highest BCUT2D eigenvalue weighted by Gasteiger charge is 2.08. The number of nitrogens with zero attached hydrogens (tertiary/aromatic N) is 2. The van der Waals surface area contributed by atoms with E-state index in [9.17, 15) is 0 Å². The maximum Gasteiger partial charge on any atom is 0.113 e. The standard InChI is InChI=1S/C13H18N2S/c1-8-6-15(11(4)9(8)2)7-13-14-10(3)12(5)16-13/h6H,7H2,1-5H3. The molecule has 0 aliphatic carbocycles. The average Bonchev–Trinajstić information content (AvgIpc) is 2.64. The van der Waals surface area contributed by atoms with Gasteiger partial charge in [-0.2, -0.15) is 0 Å². The fraction of sp³-hybridized carbons (Fsp3) is 0.462. The number of aromatic nitrogens is 2. The molecule has 0 amide bonds. The molecule has 0 fully saturated rings. The highest BCUT2D eigenvalue weighted by Crippen LogP contribution is 2.20. The van der Waals surface area contributed by atoms with Gasteiger partial charge >= 0.3 is 0 Å². The zero-order chi connectivity index (χ0) is 11.9. The average molecular weight is 234 g/mol. The quantitative estimate of drug-likeness (QED) is 0.777. The topological polar surface area (TPSA) is 17.8 Å². The summed E-state index contributed by atoms with van der Waals surface area (Å²) >= 11 is 1.80. The van der Waals surface area contributed by atoms with Gasteiger partial charge in [0, 0.05) is 16.8 Å². The summed E-state index contributed by atoms with van der Waals surface area (Å²) in [5, 5.41) is 1.20. The van der Waals surface area contributed by atoms with E-state index in [-0.39, 0.29) is 0 Å². The fourth-order valence-corrected chi connectivity index (χ4v) is 2.78. The van der Waals surface area contributed by atoms with Crippen LogP contribution in [0.15, 0.2) is 6.20 Å². The van der Waals surface area contributed by atoms with Crippen LogP contribution in [0.5, 0.6) is 0 Å². The van der Waals surface area contributed by atoms with Crippen molar-refractivity contribution >= 4 is 11.3 Å². The van der Waals surface area contributed by atoms with Crippen LogP contribution in [-0.4, -0.2) is 9.55 Å². The highest BCUT2D eigenvalue weighted by atomic mass is 32.1. The van der Waals surface area contributed by atoms with Gasteiger partial charge in [0.1, 0.15) is 5.01 Å². The molecule has 0 aliphatic rings. The van der Waals surface area contributed by atoms with Gasteiger partial charge < -0.3 is 4.57 Å². The molecule has 3 heteroatoms. The smallest absolute Gasteiger partial charge is 0.113 e. The second kappa shape index (κ2) is 4.06. The molecule has 0 saturated heterocycles. The lowest BCUT2D eigenvalue weighted by Crippen LogP contribution is -2.00. The maximum atomic E-state index is 4.58. The van der Waals surface area contributed by atoms with Crippen LogP contribution in [0, 0.1) is 34.6 Å². The lowest BCUT2D eigenvalue weighted by Gasteiger charge is -2.03. The number of hydrogen-bond donors (Lipinski definition) is 0. The summed E-state index contributed by atoms with van der Waals surface area (Å²) in [6.07, 6.45) is 2.22. The van der Waals surface area contributed by atoms with E-state index in [0.29, 0.717) is 0 Å². The molecule has 16 heavy (non-hydrogen) atoms. The summed E-state index contributed by atoms with van der Waals surface area (Å²) < 4.78 is 2.29. The molecule has 2 aromatic rings. The Labute approximate surface area is 101 Å². The van der Waals surface area contributed by atoms with Crippen LogP contribution in [-0.2, 0) is 6.54 Å². The lowest BCUT2D eigenvalue weighted by atomic mass is 10.2. The Morgan fingerprint density at radius 3 is 2.31 bits per heavy atom. The van der Waals surface area contributed by atoms with Crippen LogP contribution in [0.25, 0.3) is 0 Å². The molecule has 0 aliphatic heterocycles. The molecule has 0 atom stereocenters. The van der Waals surface area contributed by atoms with E-state index in [1.807, 2.05) is 0 Å². The molecular formula is C13H18N2S. The number of aryl methyl sites for hydroxylation is 3. The van der Waals surface area contributed by atoms with Crippen LogP contribution in [0.1, 0.15) is 32.4 Å². The third-order valence-corrected chi connectivity index (χ3v) is 4.35. The van der Waals surface area contributed by atoms with Gasteiger partial charge in [0.05, 0.1) is 12.2 Å². The van der Waals surface area contributed by atoms with Crippen molar-refractivity contribution in [2.75, 3.05) is 0 Å². The van der Waals surface area contributed by atoms with Crippen molar-refractivity contribution in [1.29, 1.82) is 0 Å². The van der Waals surface area contributed by atoms with E-state index in [0.717, 1.165) is 6.54 Å². The van der Waals surface area contributed by atoms with Crippen molar-refractivity contribution in [3.8, 4) is 0 Å². The first-order valence-electron chi connectivity index (χ1n) is 5.55. The largest absolute Gasteiger partial charge is 0.344 e. The number of rotatable bonds is 2. The van der Waals surface area contributed by atoms with Crippen LogP contribution in [0.2, 0.25) is 0 Å². The molecule has 2 rings (SSSR count). The van der Waals surface area contributed by atoms with E-state index in [4.69, 9.17) is 0 Å². The van der Waals surface area contributed by atoms with Crippen molar-refractivity contribution in [1.82, 2.24) is 9.55 Å². The predicted octanol–water partition coefficient (Wildman–Crippen LogP) is 3.54. The molecule has 0 radical (unpaired) electrons. The van der Waals surface area contributed by atoms with Crippen LogP contribution in [0.3, 0.4) is 0 Å². The van der Waals surface area contributed by atoms with Crippen molar-refractivity contribution in [3.05, 3.63) is 38.6 Å². The third kappa shape index (κ3) is 1.92. The summed E-state index contributed by atoms with van der Waals surface area (Å²) in [7, 11) is 0. The minimum atomic E-state index is 0.903. The molecule has 2 aromatic heterocycles. The van der Waals surface area contributed by atoms with Crippen LogP contribution < -0.4 is 0 Å². The Morgan fingerprint density at radius 2 is 1.88 bits per heavy atom. The van der Waals surface area contributed by atoms with Gasteiger partial charge in [0.25, 0.3) is 0 Å². The SMILES string of the molecule is Cc1cn(Cc2nc(C)c(C)s2)c(C)c1C. The number of thiazole rings is 1. The molecule has 0 unspecified atom stereocenters. The first-order valence-corrected chi connectivity index (χ1v) is 6.36. The molecule has 0 spiro atoms. The second-order valence-corrected chi connectivity index (χ2v) is 5.69. The summed E-state index contributed by atoms with van der Waals surface area (Å²) in [4.78, 5) is 5.91. The third-order valence-electron chi connectivity index (χ3n) is 3.29. The van der Waals surface area contributed by atoms with E-state index in [2.05, 4.69) is 50.4 Å². The molecule has 0 aromatic carbocycles. The van der Waals surface area contributed by atoms with Crippen LogP contribution >= 0.6 is 11.3 Å². The molecule has 0 N–H and O–H groups in total. The van der Waals surface area contributed by atoms with Gasteiger partial charge in [-0.05, 0) is 45.7 Å². The summed E-state index contributed by atoms with van der Waals surface area (Å²) in [5.74, 6) is 0. The van der Waals surface area contributed by atoms with E-state index in [1.165, 1.54) is 32.4 Å². The maximum absolute atomic E-state index is 4.58. The first-order chi connectivity index (χ1) is 7.49. The molecule has 86 valence electrons. The molecule has 0 saturated carbocycles. The van der Waals surface area contributed by atoms with E-state index in [1.54, 1.807) is 11.3 Å². The molecule has 2 nitrogen and oxygen atoms in total. The molecular weight excluding hydrogens is 216 g/mol. The number of hydrogen-bond acceptors (Lipinski definition) is 2. The molecule has 0 bridgehead atoms. The van der Waals surface area contributed by atoms with Crippen molar-refractivity contribution in [3.63, 3.8) is 0 Å². The fourth-order valence-electron chi connectivity index (χ4n) is 1.84. The minimum Gasteiger partial charge on any atom is -0.344 e. The van der Waals surface area contributed by atoms with E-state index < -0.39 is 0 Å². The van der Waals surface area contributed by atoms with Crippen molar-refractivity contribution in [2.24, 2.45) is 0 Å². The van der Waals surface area contributed by atoms with Gasteiger partial charge in [-0.3, -0.25) is 0 Å². The van der Waals surface area contributed by atoms with Gasteiger partial charge in [-0.15, -0.1) is 11.3 Å². The first kappa shape index (κ1) is 11.4. The second-order valence-electron chi connectivity index (χ2n) is 4.40. The Bertz CT molecular complexity index is 501. The normalized spacial score (nSPS) is 11.1. The predicted molar refractivity (Wildman–Crippen MR) is 69.3 cm³/mol. The Kier molecular flexibility index (Phi) is 2.89. The minimum absolute atomic E-state index is 0.903. The van der Waals surface area contributed by atoms with E-state index >= 15 is 0 Å². The summed E-state index contributed by atoms with van der Waals surface area (Å²) in [6.45, 7) is 11.6. The van der Waals surface area contributed by atoms with Crippen LogP contribution in [0.4, 0.5) is 0 Å². The summed E-state index contributed by atoms with van der Waals surface area (Å²) in [6, 6.07) is 0. The monoisotopic (exact) mass is 234 g/mol. The van der Waals surface area contributed by atoms with Gasteiger partial charge in [-0.1, -0.05) is 0 Å². The Balaban J connectivity index is 2.30. The van der Waals surface area contributed by atoms with Crippen molar-refractivity contribution in [2.45, 2.75) is 41.2 Å².